The van der Waals surface area contributed by atoms with E-state index in [2.05, 4.69) is 45.0 Å². The molecule has 0 spiro atoms. The molecule has 17 atom stereocenters. The van der Waals surface area contributed by atoms with Crippen molar-refractivity contribution < 1.29 is 52.2 Å². The molecule has 3 aliphatic carbocycles. The van der Waals surface area contributed by atoms with E-state index >= 15 is 4.79 Å². The molecule has 8 rings (SSSR count). The summed E-state index contributed by atoms with van der Waals surface area (Å²) in [5.41, 5.74) is 2.64. The average molecular weight is 895 g/mol. The van der Waals surface area contributed by atoms with Crippen LogP contribution in [0.15, 0.2) is 35.9 Å². The normalized spacial score (nSPS) is 39.6. The lowest BCUT2D eigenvalue weighted by molar-refractivity contribution is -0.314. The third kappa shape index (κ3) is 9.32. The number of fused-ring (bicyclic) bond motifs is 8. The van der Waals surface area contributed by atoms with Gasteiger partial charge in [0.15, 0.2) is 18.4 Å². The van der Waals surface area contributed by atoms with Crippen LogP contribution in [0.5, 0.6) is 5.75 Å². The predicted octanol–water partition coefficient (Wildman–Crippen LogP) is 7.70. The highest BCUT2D eigenvalue weighted by atomic mass is 32.1. The molecule has 3 unspecified atom stereocenters. The smallest absolute Gasteiger partial charge is 0.306 e. The Balaban J connectivity index is 1.15. The van der Waals surface area contributed by atoms with E-state index in [1.807, 2.05) is 32.0 Å². The summed E-state index contributed by atoms with van der Waals surface area (Å²) in [6.45, 7) is 8.16. The van der Waals surface area contributed by atoms with Gasteiger partial charge in [0.05, 0.1) is 43.6 Å². The molecule has 4 fully saturated rings. The Morgan fingerprint density at radius 1 is 0.873 bits per heavy atom. The van der Waals surface area contributed by atoms with Crippen LogP contribution in [0.2, 0.25) is 0 Å². The summed E-state index contributed by atoms with van der Waals surface area (Å²) < 4.78 is 56.3. The van der Waals surface area contributed by atoms with Gasteiger partial charge in [0.25, 0.3) is 0 Å². The summed E-state index contributed by atoms with van der Waals surface area (Å²) in [6, 6.07) is 8.31. The lowest BCUT2D eigenvalue weighted by Crippen LogP contribution is -2.59. The first-order valence-corrected chi connectivity index (χ1v) is 24.2. The fourth-order valence-corrected chi connectivity index (χ4v) is 13.3. The molecule has 1 aromatic carbocycles. The number of benzene rings is 1. The quantitative estimate of drug-likeness (QED) is 0.204. The molecule has 0 radical (unpaired) electrons. The topological polar surface area (TPSA) is 133 Å². The Hall–Kier alpha value is -2.79. The van der Waals surface area contributed by atoms with E-state index in [4.69, 9.17) is 47.6 Å². The number of hydrogen-bond donors (Lipinski definition) is 0. The zero-order valence-corrected chi connectivity index (χ0v) is 39.7. The second-order valence-corrected chi connectivity index (χ2v) is 20.0. The SMILES string of the molecule is CC[C@H]1CCC[C@H](O[C@H]2CC[C@H](N(C)C)C(C)O2)[C@@H](C)C(=O)C2=C[C@H]3[C@@H]4C[C@H](O[C@@H]5OC(C)[C@H](OC)C(OC)[C@@H]5OC)C[C@H]4c4sc(-c5cccc(OC)c5)nc4[C@H]3[C@@H]2CC(=O)O1. The maximum Gasteiger partial charge on any atom is 0.306 e. The third-order valence-electron chi connectivity index (χ3n) is 15.2. The van der Waals surface area contributed by atoms with Gasteiger partial charge in [-0.15, -0.1) is 11.3 Å². The van der Waals surface area contributed by atoms with E-state index in [-0.39, 0.29) is 84.6 Å². The van der Waals surface area contributed by atoms with Crippen LogP contribution in [0, 0.1) is 23.7 Å². The van der Waals surface area contributed by atoms with Crippen molar-refractivity contribution >= 4 is 23.1 Å². The van der Waals surface area contributed by atoms with Crippen molar-refractivity contribution in [1.82, 2.24) is 9.88 Å². The third-order valence-corrected chi connectivity index (χ3v) is 16.5. The predicted molar refractivity (Wildman–Crippen MR) is 238 cm³/mol. The number of Topliss-reactive ketones (excluding diaryl/α,β-unsaturated/α-hetero) is 1. The van der Waals surface area contributed by atoms with Crippen molar-refractivity contribution in [3.8, 4) is 16.3 Å². The van der Waals surface area contributed by atoms with Gasteiger partial charge < -0.3 is 47.5 Å². The highest BCUT2D eigenvalue weighted by molar-refractivity contribution is 7.15. The van der Waals surface area contributed by atoms with Crippen LogP contribution >= 0.6 is 11.3 Å². The van der Waals surface area contributed by atoms with Crippen molar-refractivity contribution in [2.75, 3.05) is 42.5 Å². The van der Waals surface area contributed by atoms with Crippen molar-refractivity contribution in [2.45, 2.75) is 165 Å². The molecular weight excluding hydrogens is 825 g/mol. The fourth-order valence-electron chi connectivity index (χ4n) is 11.9. The molecule has 13 nitrogen and oxygen atoms in total. The van der Waals surface area contributed by atoms with Crippen molar-refractivity contribution in [2.24, 2.45) is 23.7 Å². The number of esters is 1. The first kappa shape index (κ1) is 46.7. The summed E-state index contributed by atoms with van der Waals surface area (Å²) >= 11 is 1.71. The minimum absolute atomic E-state index is 0.00316. The number of methoxy groups -OCH3 is 4. The number of nitrogens with zero attached hydrogens (tertiary/aromatic N) is 2. The van der Waals surface area contributed by atoms with Crippen LogP contribution in [0.1, 0.15) is 108 Å². The van der Waals surface area contributed by atoms with Crippen LogP contribution in [-0.4, -0.2) is 132 Å². The number of allylic oxidation sites excluding steroid dienone is 2. The summed E-state index contributed by atoms with van der Waals surface area (Å²) in [5.74, 6) is -0.323. The standard InChI is InChI=1S/C49H70N2O11S/c1-11-29-15-13-17-38(62-40-19-18-37(51(5)6)26(3)58-40)25(2)43(53)35-23-33-32-21-31(61-49-46(57-10)45(56-9)44(55-8)27(4)59-49)22-36(32)47-42(41(33)34(35)24-39(52)60-29)50-48(63-47)28-14-12-16-30(20-28)54-7/h12,14,16,20,23,25-27,29,31-34,36-38,40-41,44-46,49H,11,13,15,17-19,21-22,24H2,1-10H3/t25-,26?,27?,29+,31+,32+,33+,34-,36-,37+,38+,40+,41-,44+,45?,46+,49+/m1/s1. The Morgan fingerprint density at radius 3 is 2.35 bits per heavy atom. The van der Waals surface area contributed by atoms with Crippen molar-refractivity contribution in [1.29, 1.82) is 0 Å². The molecule has 1 aromatic heterocycles. The van der Waals surface area contributed by atoms with E-state index < -0.39 is 30.5 Å². The van der Waals surface area contributed by atoms with Crippen LogP contribution in [-0.2, 0) is 47.5 Å². The first-order valence-electron chi connectivity index (χ1n) is 23.3. The van der Waals surface area contributed by atoms with E-state index in [0.717, 1.165) is 60.5 Å². The molecular formula is C49H70N2O11S. The number of thiazole rings is 1. The minimum atomic E-state index is -0.668. The molecule has 0 N–H and O–H groups in total. The fraction of sp³-hybridized carbons (Fsp3) is 0.735. The molecule has 14 heteroatoms. The number of ketones is 1. The number of rotatable bonds is 11. The number of cyclic esters (lactones) is 1. The lowest BCUT2D eigenvalue weighted by Gasteiger charge is -2.44. The van der Waals surface area contributed by atoms with Crippen LogP contribution in [0.25, 0.3) is 10.6 Å². The molecule has 348 valence electrons. The van der Waals surface area contributed by atoms with Gasteiger partial charge in [-0.05, 0) is 109 Å². The Bertz CT molecular complexity index is 1940. The molecule has 6 aliphatic rings. The van der Waals surface area contributed by atoms with Crippen LogP contribution in [0.3, 0.4) is 0 Å². The molecule has 0 amide bonds. The number of ether oxygens (including phenoxy) is 9. The van der Waals surface area contributed by atoms with Gasteiger partial charge in [-0.3, -0.25) is 9.59 Å². The Kier molecular flexibility index (Phi) is 14.8. The van der Waals surface area contributed by atoms with E-state index in [1.165, 1.54) is 4.88 Å². The Morgan fingerprint density at radius 2 is 1.65 bits per heavy atom. The summed E-state index contributed by atoms with van der Waals surface area (Å²) in [4.78, 5) is 38.2. The maximum atomic E-state index is 15.3. The highest BCUT2D eigenvalue weighted by Crippen LogP contribution is 2.63. The van der Waals surface area contributed by atoms with Gasteiger partial charge >= 0.3 is 5.97 Å². The monoisotopic (exact) mass is 894 g/mol. The van der Waals surface area contributed by atoms with E-state index in [9.17, 15) is 4.79 Å². The maximum absolute atomic E-state index is 15.3. The highest BCUT2D eigenvalue weighted by Gasteiger charge is 2.57. The van der Waals surface area contributed by atoms with Gasteiger partial charge in [0.1, 0.15) is 35.2 Å². The minimum Gasteiger partial charge on any atom is -0.497 e. The number of carbonyl (C=O) groups excluding carboxylic acids is 2. The molecule has 3 aliphatic heterocycles. The van der Waals surface area contributed by atoms with Crippen LogP contribution < -0.4 is 4.74 Å². The van der Waals surface area contributed by atoms with Crippen LogP contribution in [0.4, 0.5) is 0 Å². The Labute approximate surface area is 377 Å². The molecule has 4 heterocycles. The summed E-state index contributed by atoms with van der Waals surface area (Å²) in [7, 11) is 10.8. The zero-order valence-electron chi connectivity index (χ0n) is 38.9. The first-order chi connectivity index (χ1) is 30.4. The lowest BCUT2D eigenvalue weighted by atomic mass is 9.67. The number of carbonyl (C=O) groups is 2. The second kappa shape index (κ2) is 20.0. The number of hydrogen-bond acceptors (Lipinski definition) is 14. The van der Waals surface area contributed by atoms with E-state index in [1.54, 1.807) is 39.8 Å². The molecule has 1 saturated carbocycles. The van der Waals surface area contributed by atoms with Gasteiger partial charge in [-0.1, -0.05) is 32.1 Å². The average Bonchev–Trinajstić information content (AvgIpc) is 4.00. The summed E-state index contributed by atoms with van der Waals surface area (Å²) in [6.07, 6.45) is 5.14. The number of likely N-dealkylation sites (N-methyl/N-ethyl adjacent to an activating group) is 1. The zero-order chi connectivity index (χ0) is 44.7. The molecule has 2 aromatic rings. The number of aromatic nitrogens is 1. The largest absolute Gasteiger partial charge is 0.497 e. The summed E-state index contributed by atoms with van der Waals surface area (Å²) in [5, 5.41) is 0.890. The van der Waals surface area contributed by atoms with Crippen molar-refractivity contribution in [3.63, 3.8) is 0 Å². The second-order valence-electron chi connectivity index (χ2n) is 19.0. The van der Waals surface area contributed by atoms with Gasteiger partial charge in [0, 0.05) is 61.5 Å². The van der Waals surface area contributed by atoms with Gasteiger partial charge in [0.2, 0.25) is 0 Å². The molecule has 3 saturated heterocycles. The van der Waals surface area contributed by atoms with E-state index in [0.29, 0.717) is 24.5 Å². The van der Waals surface area contributed by atoms with Crippen molar-refractivity contribution in [3.05, 3.63) is 46.5 Å². The van der Waals surface area contributed by atoms with Gasteiger partial charge in [-0.25, -0.2) is 4.98 Å². The molecule has 63 heavy (non-hydrogen) atoms. The van der Waals surface area contributed by atoms with Gasteiger partial charge in [-0.2, -0.15) is 0 Å². The molecule has 0 bridgehead atoms.